The molecule has 1 aliphatic heterocycles. The first-order valence-electron chi connectivity index (χ1n) is 2.93. The summed E-state index contributed by atoms with van der Waals surface area (Å²) in [5, 5.41) is 0. The molecule has 0 amide bonds. The molecule has 0 unspecified atom stereocenters. The summed E-state index contributed by atoms with van der Waals surface area (Å²) in [6.07, 6.45) is 4.06. The molecular weight excluding hydrogens is 86.1 g/mol. The van der Waals surface area contributed by atoms with Crippen molar-refractivity contribution in [2.24, 2.45) is 0 Å². The van der Waals surface area contributed by atoms with Crippen molar-refractivity contribution in [3.05, 3.63) is 6.54 Å². The first kappa shape index (κ1) is 5.10. The van der Waals surface area contributed by atoms with E-state index in [4.69, 9.17) is 0 Å². The van der Waals surface area contributed by atoms with Crippen LogP contribution in [0, 0.1) is 6.54 Å². The lowest BCUT2D eigenvalue weighted by Gasteiger charge is -2.20. The summed E-state index contributed by atoms with van der Waals surface area (Å²) < 4.78 is 0. The van der Waals surface area contributed by atoms with Crippen molar-refractivity contribution in [1.82, 2.24) is 4.90 Å². The van der Waals surface area contributed by atoms with Gasteiger partial charge in [0.05, 0.1) is 0 Å². The monoisotopic (exact) mass is 98.1 g/mol. The number of rotatable bonds is 0. The second-order valence-corrected chi connectivity index (χ2v) is 2.16. The Kier molecular flexibility index (Phi) is 1.69. The third-order valence-electron chi connectivity index (χ3n) is 1.41. The first-order chi connectivity index (χ1) is 3.39. The molecule has 1 nitrogen and oxygen atoms in total. The summed E-state index contributed by atoms with van der Waals surface area (Å²) >= 11 is 0. The second-order valence-electron chi connectivity index (χ2n) is 2.16. The predicted molar refractivity (Wildman–Crippen MR) is 30.8 cm³/mol. The van der Waals surface area contributed by atoms with Gasteiger partial charge in [0.25, 0.3) is 0 Å². The molecule has 0 spiro atoms. The summed E-state index contributed by atoms with van der Waals surface area (Å²) in [7, 11) is 2.14. The Hall–Kier alpha value is -0.0400. The molecule has 1 heteroatoms. The zero-order valence-electron chi connectivity index (χ0n) is 4.85. The number of piperidine rings is 1. The van der Waals surface area contributed by atoms with Crippen LogP contribution in [0.1, 0.15) is 19.3 Å². The third kappa shape index (κ3) is 1.48. The van der Waals surface area contributed by atoms with Crippen molar-refractivity contribution in [3.8, 4) is 0 Å². The van der Waals surface area contributed by atoms with E-state index >= 15 is 0 Å². The van der Waals surface area contributed by atoms with Crippen molar-refractivity contribution >= 4 is 0 Å². The maximum absolute atomic E-state index is 2.27. The zero-order chi connectivity index (χ0) is 5.11. The minimum atomic E-state index is 1.26. The van der Waals surface area contributed by atoms with Gasteiger partial charge in [0.15, 0.2) is 0 Å². The fraction of sp³-hybridized carbons (Fsp3) is 0.833. The van der Waals surface area contributed by atoms with Crippen molar-refractivity contribution < 1.29 is 0 Å². The Morgan fingerprint density at radius 3 is 2.57 bits per heavy atom. The Labute approximate surface area is 45.3 Å². The molecule has 1 aliphatic rings. The van der Waals surface area contributed by atoms with Crippen LogP contribution in [0.3, 0.4) is 0 Å². The van der Waals surface area contributed by atoms with E-state index in [2.05, 4.69) is 18.5 Å². The normalized spacial score (nSPS) is 25.3. The molecule has 0 aromatic heterocycles. The van der Waals surface area contributed by atoms with Gasteiger partial charge < -0.3 is 4.90 Å². The molecule has 1 heterocycles. The van der Waals surface area contributed by atoms with Crippen LogP contribution in [0.25, 0.3) is 0 Å². The van der Waals surface area contributed by atoms with Gasteiger partial charge in [0.1, 0.15) is 0 Å². The number of nitrogens with zero attached hydrogens (tertiary/aromatic N) is 1. The van der Waals surface area contributed by atoms with E-state index in [1.165, 1.54) is 25.8 Å². The maximum atomic E-state index is 2.27. The number of likely N-dealkylation sites (tertiary alicyclic amines) is 1. The summed E-state index contributed by atoms with van der Waals surface area (Å²) in [6, 6.07) is 0. The molecule has 0 bridgehead atoms. The Bertz CT molecular complexity index is 46.1. The largest absolute Gasteiger partial charge is 0.302 e. The lowest BCUT2D eigenvalue weighted by Crippen LogP contribution is -2.20. The minimum absolute atomic E-state index is 1.26. The summed E-state index contributed by atoms with van der Waals surface area (Å²) in [5.74, 6) is 0. The molecule has 0 atom stereocenters. The SMILES string of the molecule is CN1[CH]CCCC1. The van der Waals surface area contributed by atoms with Crippen LogP contribution in [-0.4, -0.2) is 18.5 Å². The van der Waals surface area contributed by atoms with E-state index in [-0.39, 0.29) is 0 Å². The molecule has 0 aromatic rings. The van der Waals surface area contributed by atoms with Crippen LogP contribution >= 0.6 is 0 Å². The molecule has 7 heavy (non-hydrogen) atoms. The van der Waals surface area contributed by atoms with E-state index in [0.717, 1.165) is 0 Å². The van der Waals surface area contributed by atoms with Gasteiger partial charge in [-0.05, 0) is 26.4 Å². The minimum Gasteiger partial charge on any atom is -0.302 e. The van der Waals surface area contributed by atoms with Crippen LogP contribution in [0.2, 0.25) is 0 Å². The van der Waals surface area contributed by atoms with Gasteiger partial charge in [-0.2, -0.15) is 0 Å². The van der Waals surface area contributed by atoms with Crippen LogP contribution in [0.5, 0.6) is 0 Å². The van der Waals surface area contributed by atoms with Gasteiger partial charge in [-0.25, -0.2) is 0 Å². The topological polar surface area (TPSA) is 3.24 Å². The third-order valence-corrected chi connectivity index (χ3v) is 1.41. The molecule has 1 saturated heterocycles. The van der Waals surface area contributed by atoms with Crippen molar-refractivity contribution in [2.75, 3.05) is 13.6 Å². The van der Waals surface area contributed by atoms with E-state index in [9.17, 15) is 0 Å². The standard InChI is InChI=1S/C6H12N/c1-7-5-3-2-4-6-7/h5H,2-4,6H2,1H3. The Morgan fingerprint density at radius 1 is 1.43 bits per heavy atom. The van der Waals surface area contributed by atoms with E-state index < -0.39 is 0 Å². The highest BCUT2D eigenvalue weighted by Crippen LogP contribution is 2.08. The molecule has 1 rings (SSSR count). The van der Waals surface area contributed by atoms with Gasteiger partial charge in [0, 0.05) is 6.54 Å². The molecule has 0 N–H and O–H groups in total. The Morgan fingerprint density at radius 2 is 2.29 bits per heavy atom. The summed E-state index contributed by atoms with van der Waals surface area (Å²) in [5.41, 5.74) is 0. The molecule has 0 saturated carbocycles. The number of hydrogen-bond donors (Lipinski definition) is 0. The van der Waals surface area contributed by atoms with Crippen LogP contribution in [0.4, 0.5) is 0 Å². The van der Waals surface area contributed by atoms with Crippen LogP contribution < -0.4 is 0 Å². The van der Waals surface area contributed by atoms with E-state index in [1.54, 1.807) is 0 Å². The molecule has 1 fully saturated rings. The van der Waals surface area contributed by atoms with Crippen molar-refractivity contribution in [2.45, 2.75) is 19.3 Å². The smallest absolute Gasteiger partial charge is 0.0248 e. The van der Waals surface area contributed by atoms with E-state index in [1.807, 2.05) is 0 Å². The van der Waals surface area contributed by atoms with Crippen molar-refractivity contribution in [3.63, 3.8) is 0 Å². The average molecular weight is 98.2 g/mol. The lowest BCUT2D eigenvalue weighted by molar-refractivity contribution is 0.336. The number of hydrogen-bond acceptors (Lipinski definition) is 1. The van der Waals surface area contributed by atoms with Gasteiger partial charge in [0.2, 0.25) is 0 Å². The summed E-state index contributed by atoms with van der Waals surface area (Å²) in [4.78, 5) is 2.27. The highest BCUT2D eigenvalue weighted by atomic mass is 15.1. The van der Waals surface area contributed by atoms with Crippen LogP contribution in [-0.2, 0) is 0 Å². The first-order valence-corrected chi connectivity index (χ1v) is 2.93. The van der Waals surface area contributed by atoms with Gasteiger partial charge in [-0.15, -0.1) is 0 Å². The molecular formula is C6H12N. The highest BCUT2D eigenvalue weighted by molar-refractivity contribution is 4.69. The van der Waals surface area contributed by atoms with Gasteiger partial charge in [-0.3, -0.25) is 0 Å². The highest BCUT2D eigenvalue weighted by Gasteiger charge is 2.02. The predicted octanol–water partition coefficient (Wildman–Crippen LogP) is 1.26. The van der Waals surface area contributed by atoms with E-state index in [0.29, 0.717) is 0 Å². The molecule has 0 aromatic carbocycles. The fourth-order valence-electron chi connectivity index (χ4n) is 0.909. The Balaban J connectivity index is 2.12. The summed E-state index contributed by atoms with van der Waals surface area (Å²) in [6.45, 7) is 3.53. The van der Waals surface area contributed by atoms with Gasteiger partial charge >= 0.3 is 0 Å². The molecule has 1 radical (unpaired) electrons. The second kappa shape index (κ2) is 2.31. The average Bonchev–Trinajstić information content (AvgIpc) is 1.69. The van der Waals surface area contributed by atoms with Gasteiger partial charge in [-0.1, -0.05) is 6.42 Å². The van der Waals surface area contributed by atoms with Crippen molar-refractivity contribution in [1.29, 1.82) is 0 Å². The molecule has 41 valence electrons. The molecule has 0 aliphatic carbocycles. The maximum Gasteiger partial charge on any atom is 0.0248 e. The lowest BCUT2D eigenvalue weighted by atomic mass is 10.1. The quantitative estimate of drug-likeness (QED) is 0.441. The fourth-order valence-corrected chi connectivity index (χ4v) is 0.909. The van der Waals surface area contributed by atoms with Crippen LogP contribution in [0.15, 0.2) is 0 Å². The zero-order valence-corrected chi connectivity index (χ0v) is 4.85.